The van der Waals surface area contributed by atoms with Crippen LogP contribution in [0.15, 0.2) is 29.4 Å². The Morgan fingerprint density at radius 1 is 0.678 bits per heavy atom. The average Bonchev–Trinajstić information content (AvgIpc) is 4.06. The molecule has 1 heterocycles. The lowest BCUT2D eigenvalue weighted by molar-refractivity contribution is -0.186. The first-order valence-electron chi connectivity index (χ1n) is 22.4. The number of hydrogen-bond donors (Lipinski definition) is 0. The third-order valence-corrected chi connectivity index (χ3v) is 18.2. The minimum absolute atomic E-state index is 0.193. The van der Waals surface area contributed by atoms with Gasteiger partial charge in [-0.1, -0.05) is 132 Å². The fourth-order valence-corrected chi connectivity index (χ4v) is 13.3. The third kappa shape index (κ3) is 8.78. The Morgan fingerprint density at radius 2 is 1.20 bits per heavy atom. The van der Waals surface area contributed by atoms with E-state index in [0.29, 0.717) is 31.6 Å². The standard InChI is InChI=1S/C49H81NO7S2/c1-18-19-20-21-22-25-28-54-37(52)49(44(14,15)45(16)32-47(45,39(2,3)4)38(53)57-42(10,11)34-56-40(5,6)7)33-46(49,17)43(12,13)48(31-41(48,8)9)36(51)55-29-30-58-59-35-26-23-24-27-50-35/h23-24,26-27H,18-22,25,28-34H2,1-17H3. The van der Waals surface area contributed by atoms with Crippen LogP contribution < -0.4 is 0 Å². The fourth-order valence-electron chi connectivity index (χ4n) is 11.6. The normalized spacial score (nSPS) is 29.1. The van der Waals surface area contributed by atoms with Gasteiger partial charge in [-0.2, -0.15) is 0 Å². The molecule has 3 aliphatic carbocycles. The topological polar surface area (TPSA) is 101 Å². The predicted octanol–water partition coefficient (Wildman–Crippen LogP) is 12.7. The minimum atomic E-state index is -0.986. The van der Waals surface area contributed by atoms with E-state index in [0.717, 1.165) is 24.3 Å². The summed E-state index contributed by atoms with van der Waals surface area (Å²) in [6, 6.07) is 5.83. The van der Waals surface area contributed by atoms with Crippen molar-refractivity contribution in [1.82, 2.24) is 4.98 Å². The molecule has 1 aromatic rings. The highest BCUT2D eigenvalue weighted by Crippen LogP contribution is 2.92. The van der Waals surface area contributed by atoms with Crippen molar-refractivity contribution in [3.05, 3.63) is 24.4 Å². The van der Waals surface area contributed by atoms with Gasteiger partial charge in [0.25, 0.3) is 0 Å². The summed E-state index contributed by atoms with van der Waals surface area (Å²) in [5.74, 6) is -0.0190. The minimum Gasteiger partial charge on any atom is -0.465 e. The Hall–Kier alpha value is -1.78. The lowest BCUT2D eigenvalue weighted by atomic mass is 9.52. The Labute approximate surface area is 366 Å². The van der Waals surface area contributed by atoms with E-state index >= 15 is 4.79 Å². The molecule has 8 nitrogen and oxygen atoms in total. The summed E-state index contributed by atoms with van der Waals surface area (Å²) >= 11 is 0. The van der Waals surface area contributed by atoms with Gasteiger partial charge in [-0.25, -0.2) is 4.98 Å². The van der Waals surface area contributed by atoms with E-state index in [2.05, 4.69) is 88.1 Å². The second kappa shape index (κ2) is 17.1. The number of rotatable bonds is 22. The number of carbonyl (C=O) groups excluding carboxylic acids is 3. The van der Waals surface area contributed by atoms with Gasteiger partial charge < -0.3 is 18.9 Å². The molecular formula is C49H81NO7S2. The number of pyridine rings is 1. The Balaban J connectivity index is 1.69. The molecule has 3 aliphatic rings. The zero-order chi connectivity index (χ0) is 44.8. The highest BCUT2D eigenvalue weighted by molar-refractivity contribution is 8.76. The van der Waals surface area contributed by atoms with Gasteiger partial charge >= 0.3 is 17.9 Å². The van der Waals surface area contributed by atoms with E-state index in [1.807, 2.05) is 52.8 Å². The summed E-state index contributed by atoms with van der Waals surface area (Å²) in [5.41, 5.74) is -7.47. The second-order valence-corrected chi connectivity index (χ2v) is 25.4. The van der Waals surface area contributed by atoms with Crippen molar-refractivity contribution in [2.45, 2.75) is 192 Å². The molecule has 10 heteroatoms. The largest absolute Gasteiger partial charge is 0.465 e. The van der Waals surface area contributed by atoms with Gasteiger partial charge in [0.15, 0.2) is 0 Å². The molecule has 1 aromatic heterocycles. The van der Waals surface area contributed by atoms with Crippen molar-refractivity contribution >= 4 is 39.5 Å². The van der Waals surface area contributed by atoms with Gasteiger partial charge in [0.2, 0.25) is 0 Å². The van der Waals surface area contributed by atoms with Gasteiger partial charge in [0, 0.05) is 11.9 Å². The van der Waals surface area contributed by atoms with Crippen LogP contribution in [0.3, 0.4) is 0 Å². The lowest BCUT2D eigenvalue weighted by Crippen LogP contribution is -2.54. The van der Waals surface area contributed by atoms with Crippen LogP contribution >= 0.6 is 21.6 Å². The number of esters is 3. The number of ether oxygens (including phenoxy) is 4. The quantitative estimate of drug-likeness (QED) is 0.0485. The van der Waals surface area contributed by atoms with Crippen LogP contribution in [0.2, 0.25) is 0 Å². The van der Waals surface area contributed by atoms with E-state index in [4.69, 9.17) is 18.9 Å². The van der Waals surface area contributed by atoms with Crippen LogP contribution in [0.1, 0.15) is 175 Å². The first kappa shape index (κ1) is 49.9. The van der Waals surface area contributed by atoms with Crippen LogP contribution in [-0.4, -0.2) is 59.7 Å². The second-order valence-electron chi connectivity index (χ2n) is 23.0. The van der Waals surface area contributed by atoms with Crippen LogP contribution in [-0.2, 0) is 33.3 Å². The molecule has 5 atom stereocenters. The average molecular weight is 860 g/mol. The van der Waals surface area contributed by atoms with E-state index in [-0.39, 0.29) is 42.1 Å². The summed E-state index contributed by atoms with van der Waals surface area (Å²) in [4.78, 5) is 49.1. The number of carbonyl (C=O) groups is 3. The lowest BCUT2D eigenvalue weighted by Gasteiger charge is -2.51. The zero-order valence-electron chi connectivity index (χ0n) is 40.1. The van der Waals surface area contributed by atoms with Crippen LogP contribution in [0.25, 0.3) is 0 Å². The Kier molecular flexibility index (Phi) is 14.4. The molecule has 5 unspecified atom stereocenters. The van der Waals surface area contributed by atoms with Gasteiger partial charge in [0.1, 0.15) is 17.2 Å². The molecule has 0 amide bonds. The fraction of sp³-hybridized carbons (Fsp3) is 0.837. The number of hydrogen-bond acceptors (Lipinski definition) is 10. The van der Waals surface area contributed by atoms with E-state index < -0.39 is 48.9 Å². The molecule has 0 aromatic carbocycles. The maximum Gasteiger partial charge on any atom is 0.313 e. The van der Waals surface area contributed by atoms with Gasteiger partial charge in [-0.15, -0.1) is 0 Å². The highest BCUT2D eigenvalue weighted by Gasteiger charge is 2.93. The monoisotopic (exact) mass is 860 g/mol. The first-order valence-corrected chi connectivity index (χ1v) is 24.7. The molecule has 0 saturated heterocycles. The summed E-state index contributed by atoms with van der Waals surface area (Å²) in [6.07, 6.45) is 10.1. The molecule has 4 rings (SSSR count). The molecule has 3 fully saturated rings. The molecule has 336 valence electrons. The molecule has 0 bridgehead atoms. The first-order chi connectivity index (χ1) is 26.9. The van der Waals surface area contributed by atoms with E-state index in [9.17, 15) is 9.59 Å². The van der Waals surface area contributed by atoms with Crippen molar-refractivity contribution in [2.24, 2.45) is 48.7 Å². The van der Waals surface area contributed by atoms with Crippen molar-refractivity contribution < 1.29 is 33.3 Å². The molecule has 0 radical (unpaired) electrons. The summed E-state index contributed by atoms with van der Waals surface area (Å²) in [6.45, 7) is 36.8. The summed E-state index contributed by atoms with van der Waals surface area (Å²) < 4.78 is 25.2. The number of unbranched alkanes of at least 4 members (excludes halogenated alkanes) is 5. The Morgan fingerprint density at radius 3 is 1.75 bits per heavy atom. The Bertz CT molecular complexity index is 1660. The molecule has 0 N–H and O–H groups in total. The summed E-state index contributed by atoms with van der Waals surface area (Å²) in [5, 5.41) is 0.917. The van der Waals surface area contributed by atoms with Crippen LogP contribution in [0.5, 0.6) is 0 Å². The smallest absolute Gasteiger partial charge is 0.313 e. The van der Waals surface area contributed by atoms with Crippen molar-refractivity contribution in [1.29, 1.82) is 0 Å². The zero-order valence-corrected chi connectivity index (χ0v) is 41.8. The van der Waals surface area contributed by atoms with Gasteiger partial charge in [0.05, 0.1) is 35.1 Å². The van der Waals surface area contributed by atoms with Gasteiger partial charge in [-0.05, 0) is 116 Å². The number of aromatic nitrogens is 1. The van der Waals surface area contributed by atoms with Crippen LogP contribution in [0.4, 0.5) is 0 Å². The van der Waals surface area contributed by atoms with Crippen molar-refractivity contribution in [3.8, 4) is 0 Å². The van der Waals surface area contributed by atoms with Gasteiger partial charge in [-0.3, -0.25) is 14.4 Å². The summed E-state index contributed by atoms with van der Waals surface area (Å²) in [7, 11) is 3.19. The molecule has 59 heavy (non-hydrogen) atoms. The van der Waals surface area contributed by atoms with Crippen molar-refractivity contribution in [3.63, 3.8) is 0 Å². The SMILES string of the molecule is CCCCCCCCOC(=O)C1(C(C)(C)C2(C)CC2(C(=O)OC(C)(C)COC(C)(C)C)C(C)(C)C)CC1(C)C(C)(C)C1(C(=O)OCCSSc2ccccn2)CC1(C)C. The predicted molar refractivity (Wildman–Crippen MR) is 242 cm³/mol. The van der Waals surface area contributed by atoms with Crippen LogP contribution in [0, 0.1) is 48.7 Å². The van der Waals surface area contributed by atoms with E-state index in [1.165, 1.54) is 19.3 Å². The molecule has 0 aliphatic heterocycles. The highest BCUT2D eigenvalue weighted by atomic mass is 33.1. The molecule has 3 saturated carbocycles. The van der Waals surface area contributed by atoms with Crippen molar-refractivity contribution in [2.75, 3.05) is 25.6 Å². The third-order valence-electron chi connectivity index (χ3n) is 16.0. The van der Waals surface area contributed by atoms with E-state index in [1.54, 1.807) is 27.8 Å². The number of nitrogens with zero attached hydrogens (tertiary/aromatic N) is 1. The molecule has 0 spiro atoms. The molecular weight excluding hydrogens is 779 g/mol. The maximum atomic E-state index is 15.2. The maximum absolute atomic E-state index is 15.2.